The van der Waals surface area contributed by atoms with Crippen LogP contribution >= 0.6 is 0 Å². The van der Waals surface area contributed by atoms with Crippen molar-refractivity contribution in [2.75, 3.05) is 14.1 Å². The molecule has 0 aromatic carbocycles. The van der Waals surface area contributed by atoms with Crippen LogP contribution in [0.3, 0.4) is 0 Å². The Hall–Kier alpha value is -0.0400. The van der Waals surface area contributed by atoms with E-state index in [1.807, 2.05) is 0 Å². The minimum atomic E-state index is 0.318. The summed E-state index contributed by atoms with van der Waals surface area (Å²) in [6.45, 7) is 11.7. The van der Waals surface area contributed by atoms with Crippen LogP contribution in [0.1, 0.15) is 53.9 Å². The minimum Gasteiger partial charge on any atom is -0.304 e. The second-order valence-electron chi connectivity index (χ2n) is 5.80. The fourth-order valence-corrected chi connectivity index (χ4v) is 2.09. The van der Waals surface area contributed by atoms with Crippen molar-refractivity contribution in [1.29, 1.82) is 0 Å². The fourth-order valence-electron chi connectivity index (χ4n) is 2.09. The highest BCUT2D eigenvalue weighted by molar-refractivity contribution is 4.84. The van der Waals surface area contributed by atoms with Gasteiger partial charge in [-0.25, -0.2) is 0 Å². The van der Waals surface area contributed by atoms with Crippen LogP contribution in [0.5, 0.6) is 0 Å². The summed E-state index contributed by atoms with van der Waals surface area (Å²) in [7, 11) is 4.34. The third kappa shape index (κ3) is 4.66. The van der Waals surface area contributed by atoms with E-state index < -0.39 is 0 Å². The lowest BCUT2D eigenvalue weighted by Gasteiger charge is -2.39. The lowest BCUT2D eigenvalue weighted by Crippen LogP contribution is -2.41. The number of nitrogens with zero attached hydrogens (tertiary/aromatic N) is 1. The Morgan fingerprint density at radius 1 is 1.00 bits per heavy atom. The molecule has 0 rings (SSSR count). The molecule has 80 valence electrons. The van der Waals surface area contributed by atoms with Crippen LogP contribution < -0.4 is 0 Å². The third-order valence-corrected chi connectivity index (χ3v) is 3.05. The lowest BCUT2D eigenvalue weighted by molar-refractivity contribution is 0.115. The van der Waals surface area contributed by atoms with Crippen molar-refractivity contribution in [1.82, 2.24) is 4.90 Å². The number of hydrogen-bond donors (Lipinski definition) is 0. The molecule has 0 saturated carbocycles. The summed E-state index contributed by atoms with van der Waals surface area (Å²) in [5.41, 5.74) is 0.793. The van der Waals surface area contributed by atoms with Crippen LogP contribution in [0.25, 0.3) is 0 Å². The molecule has 0 aliphatic rings. The van der Waals surface area contributed by atoms with Gasteiger partial charge in [-0.2, -0.15) is 0 Å². The van der Waals surface area contributed by atoms with Crippen molar-refractivity contribution >= 4 is 0 Å². The summed E-state index contributed by atoms with van der Waals surface area (Å²) >= 11 is 0. The quantitative estimate of drug-likeness (QED) is 0.633. The largest absolute Gasteiger partial charge is 0.304 e. The Balaban J connectivity index is 4.24. The summed E-state index contributed by atoms with van der Waals surface area (Å²) in [5.74, 6) is 0. The van der Waals surface area contributed by atoms with Crippen molar-refractivity contribution in [2.24, 2.45) is 5.41 Å². The molecule has 0 bridgehead atoms. The highest BCUT2D eigenvalue weighted by Crippen LogP contribution is 2.34. The average Bonchev–Trinajstić information content (AvgIpc) is 1.83. The average molecular weight is 185 g/mol. The van der Waals surface area contributed by atoms with E-state index in [0.29, 0.717) is 11.0 Å². The van der Waals surface area contributed by atoms with Crippen LogP contribution in [0, 0.1) is 5.41 Å². The second kappa shape index (κ2) is 4.45. The first-order chi connectivity index (χ1) is 5.71. The maximum atomic E-state index is 2.38. The minimum absolute atomic E-state index is 0.318. The highest BCUT2D eigenvalue weighted by atomic mass is 15.1. The zero-order valence-electron chi connectivity index (χ0n) is 10.6. The summed E-state index contributed by atoms with van der Waals surface area (Å²) in [4.78, 5) is 2.32. The molecule has 1 nitrogen and oxygen atoms in total. The van der Waals surface area contributed by atoms with E-state index in [0.717, 1.165) is 0 Å². The monoisotopic (exact) mass is 185 g/mol. The summed E-state index contributed by atoms with van der Waals surface area (Å²) < 4.78 is 0. The van der Waals surface area contributed by atoms with E-state index in [9.17, 15) is 0 Å². The molecular formula is C12H27N. The molecule has 0 amide bonds. The van der Waals surface area contributed by atoms with E-state index in [2.05, 4.69) is 53.6 Å². The van der Waals surface area contributed by atoms with Gasteiger partial charge in [0, 0.05) is 5.54 Å². The van der Waals surface area contributed by atoms with Gasteiger partial charge in [0.2, 0.25) is 0 Å². The van der Waals surface area contributed by atoms with Crippen molar-refractivity contribution in [3.63, 3.8) is 0 Å². The summed E-state index contributed by atoms with van der Waals surface area (Å²) in [6.07, 6.45) is 3.88. The summed E-state index contributed by atoms with van der Waals surface area (Å²) in [5, 5.41) is 0. The van der Waals surface area contributed by atoms with Gasteiger partial charge in [-0.3, -0.25) is 0 Å². The molecule has 0 aromatic rings. The van der Waals surface area contributed by atoms with Gasteiger partial charge in [0.1, 0.15) is 0 Å². The van der Waals surface area contributed by atoms with Gasteiger partial charge in [0.25, 0.3) is 0 Å². The Morgan fingerprint density at radius 3 is 1.77 bits per heavy atom. The van der Waals surface area contributed by atoms with E-state index in [4.69, 9.17) is 0 Å². The molecule has 0 saturated heterocycles. The standard InChI is InChI=1S/C12H27N/c1-8-9-11(2,3)10-12(4,5)13(6)7/h8-10H2,1-7H3. The van der Waals surface area contributed by atoms with Crippen LogP contribution in [-0.4, -0.2) is 24.5 Å². The molecule has 0 N–H and O–H groups in total. The van der Waals surface area contributed by atoms with E-state index in [1.165, 1.54) is 19.3 Å². The molecule has 0 aliphatic heterocycles. The van der Waals surface area contributed by atoms with Crippen molar-refractivity contribution < 1.29 is 0 Å². The maximum Gasteiger partial charge on any atom is 0.0152 e. The molecule has 0 heterocycles. The maximum absolute atomic E-state index is 2.38. The van der Waals surface area contributed by atoms with Crippen molar-refractivity contribution in [3.05, 3.63) is 0 Å². The molecular weight excluding hydrogens is 158 g/mol. The molecule has 0 radical (unpaired) electrons. The molecule has 0 aromatic heterocycles. The van der Waals surface area contributed by atoms with Gasteiger partial charge in [-0.05, 0) is 46.2 Å². The fraction of sp³-hybridized carbons (Fsp3) is 1.00. The normalized spacial score (nSPS) is 13.8. The predicted molar refractivity (Wildman–Crippen MR) is 61.1 cm³/mol. The number of rotatable bonds is 5. The first kappa shape index (κ1) is 13.0. The van der Waals surface area contributed by atoms with Gasteiger partial charge in [0.05, 0.1) is 0 Å². The Kier molecular flexibility index (Phi) is 4.44. The van der Waals surface area contributed by atoms with Gasteiger partial charge in [-0.15, -0.1) is 0 Å². The SMILES string of the molecule is CCCC(C)(C)CC(C)(C)N(C)C. The summed E-state index contributed by atoms with van der Waals surface area (Å²) in [6, 6.07) is 0. The molecule has 0 unspecified atom stereocenters. The smallest absolute Gasteiger partial charge is 0.0152 e. The predicted octanol–water partition coefficient (Wildman–Crippen LogP) is 3.54. The molecule has 13 heavy (non-hydrogen) atoms. The van der Waals surface area contributed by atoms with Gasteiger partial charge >= 0.3 is 0 Å². The van der Waals surface area contributed by atoms with Gasteiger partial charge in [0.15, 0.2) is 0 Å². The van der Waals surface area contributed by atoms with E-state index in [1.54, 1.807) is 0 Å². The van der Waals surface area contributed by atoms with Gasteiger partial charge < -0.3 is 4.90 Å². The topological polar surface area (TPSA) is 3.24 Å². The Labute approximate surface area is 84.5 Å². The van der Waals surface area contributed by atoms with Gasteiger partial charge in [-0.1, -0.05) is 27.2 Å². The van der Waals surface area contributed by atoms with Crippen LogP contribution in [0.4, 0.5) is 0 Å². The third-order valence-electron chi connectivity index (χ3n) is 3.05. The molecule has 0 spiro atoms. The van der Waals surface area contributed by atoms with E-state index >= 15 is 0 Å². The van der Waals surface area contributed by atoms with Crippen LogP contribution in [0.2, 0.25) is 0 Å². The van der Waals surface area contributed by atoms with Crippen LogP contribution in [0.15, 0.2) is 0 Å². The zero-order chi connectivity index (χ0) is 10.7. The molecule has 1 heteroatoms. The van der Waals surface area contributed by atoms with Crippen molar-refractivity contribution in [3.8, 4) is 0 Å². The highest BCUT2D eigenvalue weighted by Gasteiger charge is 2.29. The Bertz CT molecular complexity index is 145. The van der Waals surface area contributed by atoms with E-state index in [-0.39, 0.29) is 0 Å². The lowest BCUT2D eigenvalue weighted by atomic mass is 9.77. The van der Waals surface area contributed by atoms with Crippen molar-refractivity contribution in [2.45, 2.75) is 59.4 Å². The molecule has 0 aliphatic carbocycles. The zero-order valence-corrected chi connectivity index (χ0v) is 10.6. The number of hydrogen-bond acceptors (Lipinski definition) is 1. The van der Waals surface area contributed by atoms with Crippen LogP contribution in [-0.2, 0) is 0 Å². The Morgan fingerprint density at radius 2 is 1.46 bits per heavy atom. The second-order valence-corrected chi connectivity index (χ2v) is 5.80. The first-order valence-corrected chi connectivity index (χ1v) is 5.39. The molecule has 0 atom stereocenters. The molecule has 0 fully saturated rings. The first-order valence-electron chi connectivity index (χ1n) is 5.39.